The van der Waals surface area contributed by atoms with Gasteiger partial charge in [-0.25, -0.2) is 4.79 Å². The Labute approximate surface area is 247 Å². The first-order valence-corrected chi connectivity index (χ1v) is 16.5. The third-order valence-corrected chi connectivity index (χ3v) is 10.8. The number of phenolic OH excluding ortho intramolecular Hbond substituents is 1. The van der Waals surface area contributed by atoms with Crippen molar-refractivity contribution in [2.24, 2.45) is 5.41 Å². The molecular weight excluding hydrogens is 568 g/mol. The molecule has 1 aromatic rings. The van der Waals surface area contributed by atoms with Crippen molar-refractivity contribution in [2.75, 3.05) is 24.6 Å². The minimum absolute atomic E-state index is 0.100. The van der Waals surface area contributed by atoms with E-state index in [0.717, 1.165) is 24.8 Å². The lowest BCUT2D eigenvalue weighted by molar-refractivity contribution is -0.144. The molecule has 224 valence electrons. The highest BCUT2D eigenvalue weighted by atomic mass is 33.1. The third kappa shape index (κ3) is 7.48. The Hall–Kier alpha value is -2.93. The van der Waals surface area contributed by atoms with E-state index in [2.05, 4.69) is 16.0 Å². The van der Waals surface area contributed by atoms with Crippen molar-refractivity contribution < 1.29 is 34.2 Å². The van der Waals surface area contributed by atoms with Gasteiger partial charge in [0.2, 0.25) is 23.6 Å². The molecule has 2 heterocycles. The monoisotopic (exact) mass is 606 g/mol. The molecule has 5 N–H and O–H groups in total. The number of rotatable bonds is 4. The molecule has 3 fully saturated rings. The first kappa shape index (κ1) is 31.0. The van der Waals surface area contributed by atoms with Crippen molar-refractivity contribution >= 4 is 51.2 Å². The molecule has 41 heavy (non-hydrogen) atoms. The number of aliphatic carboxylic acids is 1. The molecule has 2 saturated heterocycles. The van der Waals surface area contributed by atoms with Crippen molar-refractivity contribution in [1.82, 2.24) is 20.9 Å². The second-order valence-corrected chi connectivity index (χ2v) is 13.6. The number of phenols is 1. The van der Waals surface area contributed by atoms with Gasteiger partial charge in [0.1, 0.15) is 23.9 Å². The number of hydrogen-bond acceptors (Lipinski definition) is 8. The van der Waals surface area contributed by atoms with Crippen molar-refractivity contribution in [3.8, 4) is 5.75 Å². The number of likely N-dealkylation sites (tertiary alicyclic amines) is 1. The van der Waals surface area contributed by atoms with Crippen LogP contribution in [0.25, 0.3) is 0 Å². The number of hydrogen-bond donors (Lipinski definition) is 5. The van der Waals surface area contributed by atoms with Gasteiger partial charge in [0, 0.05) is 37.4 Å². The van der Waals surface area contributed by atoms with Crippen molar-refractivity contribution in [2.45, 2.75) is 75.9 Å². The van der Waals surface area contributed by atoms with Gasteiger partial charge in [-0.2, -0.15) is 0 Å². The lowest BCUT2D eigenvalue weighted by Gasteiger charge is -2.36. The zero-order valence-electron chi connectivity index (χ0n) is 23.1. The highest BCUT2D eigenvalue weighted by molar-refractivity contribution is 8.76. The molecule has 2 unspecified atom stereocenters. The summed E-state index contributed by atoms with van der Waals surface area (Å²) in [7, 11) is 2.46. The van der Waals surface area contributed by atoms with E-state index < -0.39 is 35.4 Å². The lowest BCUT2D eigenvalue weighted by atomic mass is 9.71. The van der Waals surface area contributed by atoms with Crippen LogP contribution in [0.15, 0.2) is 24.3 Å². The molecule has 11 nitrogen and oxygen atoms in total. The van der Waals surface area contributed by atoms with Crippen LogP contribution in [0, 0.1) is 5.41 Å². The normalized spacial score (nSPS) is 27.5. The van der Waals surface area contributed by atoms with E-state index in [-0.39, 0.29) is 47.4 Å². The highest BCUT2D eigenvalue weighted by Crippen LogP contribution is 2.40. The summed E-state index contributed by atoms with van der Waals surface area (Å²) in [5.74, 6) is -2.41. The fourth-order valence-electron chi connectivity index (χ4n) is 6.07. The SMILES string of the molecule is CC(=O)N1CCC(c2ccc(O)cc2)C1C(=O)N[C@H]1CSSC[C@@H](C(=O)O)NC(=O)C2(CCCCC2)CCNC1=O. The van der Waals surface area contributed by atoms with Crippen LogP contribution in [0.4, 0.5) is 0 Å². The van der Waals surface area contributed by atoms with Gasteiger partial charge < -0.3 is 31.1 Å². The van der Waals surface area contributed by atoms with Gasteiger partial charge in [0.25, 0.3) is 0 Å². The summed E-state index contributed by atoms with van der Waals surface area (Å²) in [6.45, 7) is 2.01. The van der Waals surface area contributed by atoms with Crippen LogP contribution in [0.2, 0.25) is 0 Å². The van der Waals surface area contributed by atoms with Gasteiger partial charge in [0.15, 0.2) is 0 Å². The average Bonchev–Trinajstić information content (AvgIpc) is 3.40. The second-order valence-electron chi connectivity index (χ2n) is 11.0. The van der Waals surface area contributed by atoms with Crippen LogP contribution in [0.1, 0.15) is 63.4 Å². The predicted octanol–water partition coefficient (Wildman–Crippen LogP) is 2.00. The number of carbonyl (C=O) groups excluding carboxylic acids is 4. The van der Waals surface area contributed by atoms with Gasteiger partial charge >= 0.3 is 5.97 Å². The summed E-state index contributed by atoms with van der Waals surface area (Å²) in [5, 5.41) is 27.9. The maximum Gasteiger partial charge on any atom is 0.327 e. The van der Waals surface area contributed by atoms with Crippen LogP contribution >= 0.6 is 21.6 Å². The number of amides is 4. The molecule has 2 aliphatic heterocycles. The number of nitrogens with one attached hydrogen (secondary N) is 3. The van der Waals surface area contributed by atoms with Crippen LogP contribution < -0.4 is 16.0 Å². The number of aromatic hydroxyl groups is 1. The third-order valence-electron chi connectivity index (χ3n) is 8.38. The van der Waals surface area contributed by atoms with Gasteiger partial charge in [-0.15, -0.1) is 0 Å². The Balaban J connectivity index is 1.52. The van der Waals surface area contributed by atoms with Crippen molar-refractivity contribution in [3.05, 3.63) is 29.8 Å². The van der Waals surface area contributed by atoms with Crippen LogP contribution in [0.5, 0.6) is 5.75 Å². The van der Waals surface area contributed by atoms with Crippen molar-refractivity contribution in [1.29, 1.82) is 0 Å². The molecule has 4 amide bonds. The molecule has 13 heteroatoms. The minimum Gasteiger partial charge on any atom is -0.508 e. The maximum atomic E-state index is 13.7. The molecule has 1 spiro atoms. The molecule has 0 bridgehead atoms. The quantitative estimate of drug-likeness (QED) is 0.322. The number of carbonyl (C=O) groups is 5. The van der Waals surface area contributed by atoms with E-state index in [4.69, 9.17) is 0 Å². The lowest BCUT2D eigenvalue weighted by Crippen LogP contribution is -2.55. The predicted molar refractivity (Wildman–Crippen MR) is 156 cm³/mol. The largest absolute Gasteiger partial charge is 0.508 e. The van der Waals surface area contributed by atoms with E-state index >= 15 is 0 Å². The van der Waals surface area contributed by atoms with Gasteiger partial charge in [-0.05, 0) is 43.4 Å². The molecule has 1 saturated carbocycles. The number of carboxylic acids is 1. The fraction of sp³-hybridized carbons (Fsp3) is 0.607. The zero-order chi connectivity index (χ0) is 29.6. The molecule has 0 radical (unpaired) electrons. The molecule has 3 aliphatic rings. The van der Waals surface area contributed by atoms with E-state index in [0.29, 0.717) is 32.2 Å². The zero-order valence-corrected chi connectivity index (χ0v) is 24.7. The molecule has 0 aromatic heterocycles. The topological polar surface area (TPSA) is 165 Å². The number of benzene rings is 1. The molecule has 1 aromatic carbocycles. The average molecular weight is 607 g/mol. The summed E-state index contributed by atoms with van der Waals surface area (Å²) in [4.78, 5) is 66.2. The van der Waals surface area contributed by atoms with E-state index in [1.54, 1.807) is 24.3 Å². The van der Waals surface area contributed by atoms with Crippen LogP contribution in [-0.2, 0) is 24.0 Å². The molecule has 4 rings (SSSR count). The minimum atomic E-state index is -1.11. The van der Waals surface area contributed by atoms with Crippen LogP contribution in [0.3, 0.4) is 0 Å². The second kappa shape index (κ2) is 13.8. The van der Waals surface area contributed by atoms with E-state index in [1.807, 2.05) is 0 Å². The summed E-state index contributed by atoms with van der Waals surface area (Å²) in [5.41, 5.74) is 0.0678. The Morgan fingerprint density at radius 2 is 1.71 bits per heavy atom. The summed E-state index contributed by atoms with van der Waals surface area (Å²) in [6.07, 6.45) is 4.92. The van der Waals surface area contributed by atoms with Gasteiger partial charge in [0.05, 0.1) is 5.41 Å². The Morgan fingerprint density at radius 1 is 1.02 bits per heavy atom. The standard InChI is InChI=1S/C28H38N4O7S2/c1-17(33)32-14-9-20(18-5-7-19(34)8-6-18)23(32)25(36)30-21-15-40-41-16-22(26(37)38)31-27(39)28(10-3-2-4-11-28)12-13-29-24(21)35/h5-8,20-23,34H,2-4,9-16H2,1H3,(H,29,35)(H,30,36)(H,31,39)(H,37,38)/t20?,21-,22-,23?/m0/s1. The summed E-state index contributed by atoms with van der Waals surface area (Å²) in [6, 6.07) is 3.74. The Kier molecular flexibility index (Phi) is 10.5. The number of nitrogens with zero attached hydrogens (tertiary/aromatic N) is 1. The Morgan fingerprint density at radius 3 is 2.37 bits per heavy atom. The molecular formula is C28H38N4O7S2. The molecule has 1 aliphatic carbocycles. The van der Waals surface area contributed by atoms with E-state index in [9.17, 15) is 34.2 Å². The first-order chi connectivity index (χ1) is 19.6. The highest BCUT2D eigenvalue weighted by Gasteiger charge is 2.43. The van der Waals surface area contributed by atoms with Crippen LogP contribution in [-0.4, -0.2) is 87.4 Å². The van der Waals surface area contributed by atoms with Gasteiger partial charge in [-0.3, -0.25) is 19.2 Å². The first-order valence-electron chi connectivity index (χ1n) is 14.0. The van der Waals surface area contributed by atoms with Crippen molar-refractivity contribution in [3.63, 3.8) is 0 Å². The summed E-state index contributed by atoms with van der Waals surface area (Å²) < 4.78 is 0. The smallest absolute Gasteiger partial charge is 0.327 e. The fourth-order valence-corrected chi connectivity index (χ4v) is 8.39. The molecule has 4 atom stereocenters. The Bertz CT molecular complexity index is 1140. The number of carboxylic acid groups (broad SMARTS) is 1. The summed E-state index contributed by atoms with van der Waals surface area (Å²) >= 11 is 0. The van der Waals surface area contributed by atoms with E-state index in [1.165, 1.54) is 33.4 Å². The maximum absolute atomic E-state index is 13.7. The van der Waals surface area contributed by atoms with Gasteiger partial charge in [-0.1, -0.05) is 53.0 Å².